The highest BCUT2D eigenvalue weighted by Gasteiger charge is 2.60. The summed E-state index contributed by atoms with van der Waals surface area (Å²) in [7, 11) is 0. The summed E-state index contributed by atoms with van der Waals surface area (Å²) in [6, 6.07) is 14.0. The number of anilines is 2. The van der Waals surface area contributed by atoms with Gasteiger partial charge in [-0.05, 0) is 147 Å². The van der Waals surface area contributed by atoms with Gasteiger partial charge in [0.05, 0.1) is 11.1 Å². The van der Waals surface area contributed by atoms with Crippen molar-refractivity contribution in [2.24, 2.45) is 52.8 Å². The zero-order chi connectivity index (χ0) is 32.6. The molecule has 0 bridgehead atoms. The molecule has 0 radical (unpaired) electrons. The van der Waals surface area contributed by atoms with E-state index in [4.69, 9.17) is 20.9 Å². The fraction of sp³-hybridized carbons (Fsp3) is 0.650. The first-order valence-electron chi connectivity index (χ1n) is 18.2. The second-order valence-corrected chi connectivity index (χ2v) is 16.1. The van der Waals surface area contributed by atoms with Crippen molar-refractivity contribution in [1.29, 1.82) is 0 Å². The average molecular weight is 629 g/mol. The van der Waals surface area contributed by atoms with Gasteiger partial charge in [-0.15, -0.1) is 0 Å². The topological polar surface area (TPSA) is 105 Å². The highest BCUT2D eigenvalue weighted by molar-refractivity contribution is 5.90. The molecule has 4 aliphatic rings. The van der Waals surface area contributed by atoms with Gasteiger partial charge in [-0.1, -0.05) is 47.0 Å². The van der Waals surface area contributed by atoms with E-state index in [9.17, 15) is 9.59 Å². The Hall–Kier alpha value is -3.02. The maximum absolute atomic E-state index is 13.6. The Labute approximate surface area is 276 Å². The van der Waals surface area contributed by atoms with Crippen molar-refractivity contribution in [1.82, 2.24) is 0 Å². The summed E-state index contributed by atoms with van der Waals surface area (Å²) in [5, 5.41) is 0. The lowest BCUT2D eigenvalue weighted by Gasteiger charge is -2.58. The number of benzene rings is 2. The summed E-state index contributed by atoms with van der Waals surface area (Å²) in [5.41, 5.74) is 14.4. The maximum Gasteiger partial charge on any atom is 0.338 e. The standard InChI is InChI=1S/C40H56N2O4/c1-24(2)6-5-7-25(3)35-18-19-36-33-23-37(46-39(44)27-10-14-29(42)15-11-27)34-22-30(45-38(43)26-8-12-28(41)13-9-26)16-17-31(34)32(33)20-21-40(35,36)4/h8-15,24-25,30-37H,5-7,16-23,41-42H2,1-4H3. The van der Waals surface area contributed by atoms with E-state index >= 15 is 0 Å². The number of hydrogen-bond acceptors (Lipinski definition) is 6. The molecule has 10 atom stereocenters. The minimum absolute atomic E-state index is 0.181. The van der Waals surface area contributed by atoms with Gasteiger partial charge in [0.25, 0.3) is 0 Å². The number of carbonyl (C=O) groups is 2. The third-order valence-electron chi connectivity index (χ3n) is 13.0. The molecule has 0 spiro atoms. The molecule has 2 aromatic carbocycles. The maximum atomic E-state index is 13.6. The smallest absolute Gasteiger partial charge is 0.338 e. The van der Waals surface area contributed by atoms with Gasteiger partial charge in [0.2, 0.25) is 0 Å². The first-order chi connectivity index (χ1) is 22.0. The van der Waals surface area contributed by atoms with Gasteiger partial charge in [0.1, 0.15) is 12.2 Å². The summed E-state index contributed by atoms with van der Waals surface area (Å²) in [6.07, 6.45) is 12.4. The van der Waals surface area contributed by atoms with Crippen LogP contribution in [0.5, 0.6) is 0 Å². The fourth-order valence-corrected chi connectivity index (χ4v) is 10.7. The Bertz CT molecular complexity index is 1360. The molecule has 10 unspecified atom stereocenters. The monoisotopic (exact) mass is 628 g/mol. The van der Waals surface area contributed by atoms with Crippen LogP contribution < -0.4 is 11.5 Å². The van der Waals surface area contributed by atoms with Gasteiger partial charge < -0.3 is 20.9 Å². The Morgan fingerprint density at radius 1 is 0.739 bits per heavy atom. The first-order valence-corrected chi connectivity index (χ1v) is 18.2. The molecule has 250 valence electrons. The van der Waals surface area contributed by atoms with Crippen molar-refractivity contribution in [3.05, 3.63) is 59.7 Å². The molecular weight excluding hydrogens is 572 g/mol. The number of esters is 2. The molecule has 4 saturated carbocycles. The van der Waals surface area contributed by atoms with Crippen LogP contribution in [-0.2, 0) is 9.47 Å². The Balaban J connectivity index is 1.21. The van der Waals surface area contributed by atoms with E-state index in [-0.39, 0.29) is 30.1 Å². The molecule has 6 rings (SSSR count). The van der Waals surface area contributed by atoms with E-state index < -0.39 is 0 Å². The van der Waals surface area contributed by atoms with E-state index in [1.54, 1.807) is 48.5 Å². The van der Waals surface area contributed by atoms with Crippen LogP contribution in [0.25, 0.3) is 0 Å². The predicted octanol–water partition coefficient (Wildman–Crippen LogP) is 8.94. The van der Waals surface area contributed by atoms with Crippen LogP contribution in [0.4, 0.5) is 11.4 Å². The number of carbonyl (C=O) groups excluding carboxylic acids is 2. The third-order valence-corrected chi connectivity index (χ3v) is 13.0. The zero-order valence-electron chi connectivity index (χ0n) is 28.5. The fourth-order valence-electron chi connectivity index (χ4n) is 10.7. The van der Waals surface area contributed by atoms with Gasteiger partial charge in [-0.25, -0.2) is 9.59 Å². The molecular formula is C40H56N2O4. The highest BCUT2D eigenvalue weighted by Crippen LogP contribution is 2.66. The normalized spacial score (nSPS) is 34.2. The van der Waals surface area contributed by atoms with Crippen LogP contribution in [0.1, 0.15) is 119 Å². The van der Waals surface area contributed by atoms with Crippen molar-refractivity contribution >= 4 is 23.3 Å². The molecule has 6 heteroatoms. The summed E-state index contributed by atoms with van der Waals surface area (Å²) >= 11 is 0. The van der Waals surface area contributed by atoms with Crippen molar-refractivity contribution in [2.45, 2.75) is 111 Å². The summed E-state index contributed by atoms with van der Waals surface area (Å²) < 4.78 is 12.6. The van der Waals surface area contributed by atoms with Crippen LogP contribution in [0.2, 0.25) is 0 Å². The summed E-state index contributed by atoms with van der Waals surface area (Å²) in [4.78, 5) is 26.6. The predicted molar refractivity (Wildman–Crippen MR) is 184 cm³/mol. The second-order valence-electron chi connectivity index (χ2n) is 16.1. The molecule has 0 aliphatic heterocycles. The molecule has 2 aromatic rings. The number of rotatable bonds is 9. The molecule has 4 N–H and O–H groups in total. The molecule has 46 heavy (non-hydrogen) atoms. The Morgan fingerprint density at radius 3 is 1.98 bits per heavy atom. The first kappa shape index (κ1) is 32.9. The highest BCUT2D eigenvalue weighted by atomic mass is 16.6. The number of nitrogen functional groups attached to an aromatic ring is 2. The largest absolute Gasteiger partial charge is 0.459 e. The molecule has 4 aliphatic carbocycles. The number of nitrogens with two attached hydrogens (primary N) is 2. The molecule has 0 amide bonds. The van der Waals surface area contributed by atoms with Crippen molar-refractivity contribution in [3.63, 3.8) is 0 Å². The van der Waals surface area contributed by atoms with Crippen molar-refractivity contribution < 1.29 is 19.1 Å². The molecule has 0 heterocycles. The van der Waals surface area contributed by atoms with Crippen LogP contribution in [0.3, 0.4) is 0 Å². The van der Waals surface area contributed by atoms with Crippen LogP contribution in [0, 0.1) is 52.8 Å². The second kappa shape index (κ2) is 13.6. The Kier molecular flexibility index (Phi) is 9.73. The number of ether oxygens (including phenoxy) is 2. The van der Waals surface area contributed by atoms with Crippen molar-refractivity contribution in [2.75, 3.05) is 11.5 Å². The molecule has 0 saturated heterocycles. The van der Waals surface area contributed by atoms with Crippen LogP contribution in [-0.4, -0.2) is 24.1 Å². The molecule has 0 aromatic heterocycles. The molecule has 4 fully saturated rings. The lowest BCUT2D eigenvalue weighted by atomic mass is 9.48. The zero-order valence-corrected chi connectivity index (χ0v) is 28.5. The summed E-state index contributed by atoms with van der Waals surface area (Å²) in [5.74, 6) is 4.32. The minimum atomic E-state index is -0.305. The van der Waals surface area contributed by atoms with Gasteiger partial charge >= 0.3 is 11.9 Å². The van der Waals surface area contributed by atoms with E-state index in [1.165, 1.54) is 44.9 Å². The lowest BCUT2D eigenvalue weighted by Crippen LogP contribution is -2.54. The number of fused-ring (bicyclic) bond motifs is 5. The van der Waals surface area contributed by atoms with E-state index in [1.807, 2.05) is 0 Å². The van der Waals surface area contributed by atoms with Crippen molar-refractivity contribution in [3.8, 4) is 0 Å². The quantitative estimate of drug-likeness (QED) is 0.212. The molecule has 6 nitrogen and oxygen atoms in total. The minimum Gasteiger partial charge on any atom is -0.459 e. The van der Waals surface area contributed by atoms with Gasteiger partial charge in [-0.2, -0.15) is 0 Å². The SMILES string of the molecule is CC(C)CCCC(C)C1CCC2C3CC(OC(=O)c4ccc(N)cc4)C4CC(OC(=O)c5ccc(N)cc5)CCC4C3CCC12C. The van der Waals surface area contributed by atoms with E-state index in [2.05, 4.69) is 27.7 Å². The van der Waals surface area contributed by atoms with Gasteiger partial charge in [0.15, 0.2) is 0 Å². The van der Waals surface area contributed by atoms with Crippen LogP contribution >= 0.6 is 0 Å². The van der Waals surface area contributed by atoms with E-state index in [0.29, 0.717) is 51.6 Å². The lowest BCUT2D eigenvalue weighted by molar-refractivity contribution is -0.132. The number of hydrogen-bond donors (Lipinski definition) is 2. The summed E-state index contributed by atoms with van der Waals surface area (Å²) in [6.45, 7) is 9.80. The average Bonchev–Trinajstić information content (AvgIpc) is 3.39. The van der Waals surface area contributed by atoms with E-state index in [0.717, 1.165) is 43.4 Å². The Morgan fingerprint density at radius 2 is 1.35 bits per heavy atom. The van der Waals surface area contributed by atoms with Gasteiger partial charge in [-0.3, -0.25) is 0 Å². The third kappa shape index (κ3) is 6.69. The van der Waals surface area contributed by atoms with Crippen LogP contribution in [0.15, 0.2) is 48.5 Å². The van der Waals surface area contributed by atoms with Gasteiger partial charge in [0, 0.05) is 17.3 Å².